The highest BCUT2D eigenvalue weighted by molar-refractivity contribution is 9.09. The summed E-state index contributed by atoms with van der Waals surface area (Å²) < 4.78 is 11.6. The van der Waals surface area contributed by atoms with E-state index in [1.165, 1.54) is 6.42 Å². The molecule has 1 aliphatic rings. The van der Waals surface area contributed by atoms with Crippen LogP contribution in [0, 0.1) is 5.92 Å². The molecule has 2 atom stereocenters. The Labute approximate surface area is 153 Å². The Kier molecular flexibility index (Phi) is 7.56. The molecule has 1 aliphatic carbocycles. The van der Waals surface area contributed by atoms with Crippen molar-refractivity contribution in [3.05, 3.63) is 24.3 Å². The van der Waals surface area contributed by atoms with Crippen LogP contribution >= 0.6 is 15.9 Å². The van der Waals surface area contributed by atoms with E-state index in [0.717, 1.165) is 42.5 Å². The molecule has 0 aromatic heterocycles. The molecular formula is C19H28BrNO3. The van der Waals surface area contributed by atoms with E-state index in [1.54, 1.807) is 0 Å². The Balaban J connectivity index is 2.04. The number of anilines is 1. The van der Waals surface area contributed by atoms with Crippen molar-refractivity contribution in [2.75, 3.05) is 23.9 Å². The quantitative estimate of drug-likeness (QED) is 0.642. The minimum atomic E-state index is -0.682. The van der Waals surface area contributed by atoms with Crippen LogP contribution in [0.3, 0.4) is 0 Å². The number of hydrogen-bond acceptors (Lipinski definition) is 3. The smallest absolute Gasteiger partial charge is 0.256 e. The maximum atomic E-state index is 12.9. The number of carbonyl (C=O) groups is 1. The van der Waals surface area contributed by atoms with Gasteiger partial charge in [-0.25, -0.2) is 0 Å². The monoisotopic (exact) mass is 397 g/mol. The zero-order valence-corrected chi connectivity index (χ0v) is 16.2. The van der Waals surface area contributed by atoms with Crippen LogP contribution in [0.4, 0.5) is 5.69 Å². The SMILES string of the molecule is CCCO[C@]1(C(=O)Nc2ccc(OCCBr)cc2)CCC[C@H](C)C1. The molecular weight excluding hydrogens is 370 g/mol. The molecule has 1 aromatic rings. The standard InChI is InChI=1S/C19H28BrNO3/c1-3-12-24-19(10-4-5-15(2)14-19)18(22)21-16-6-8-17(9-7-16)23-13-11-20/h6-9,15H,3-5,10-14H2,1-2H3,(H,21,22)/t15-,19+/m0/s1. The van der Waals surface area contributed by atoms with Crippen molar-refractivity contribution in [2.24, 2.45) is 5.92 Å². The lowest BCUT2D eigenvalue weighted by Gasteiger charge is -2.38. The first-order valence-corrected chi connectivity index (χ1v) is 9.96. The number of nitrogens with one attached hydrogen (secondary N) is 1. The van der Waals surface area contributed by atoms with E-state index < -0.39 is 5.60 Å². The number of alkyl halides is 1. The van der Waals surface area contributed by atoms with Crippen LogP contribution in [0.15, 0.2) is 24.3 Å². The van der Waals surface area contributed by atoms with E-state index in [1.807, 2.05) is 24.3 Å². The Morgan fingerprint density at radius 3 is 2.71 bits per heavy atom. The number of halogens is 1. The summed E-state index contributed by atoms with van der Waals surface area (Å²) in [4.78, 5) is 12.9. The molecule has 1 saturated carbocycles. The molecule has 0 unspecified atom stereocenters. The summed E-state index contributed by atoms with van der Waals surface area (Å²) >= 11 is 3.33. The lowest BCUT2D eigenvalue weighted by Crippen LogP contribution is -2.48. The van der Waals surface area contributed by atoms with Crippen LogP contribution in [0.25, 0.3) is 0 Å². The van der Waals surface area contributed by atoms with E-state index in [2.05, 4.69) is 35.1 Å². The maximum Gasteiger partial charge on any atom is 0.256 e. The largest absolute Gasteiger partial charge is 0.493 e. The van der Waals surface area contributed by atoms with Crippen molar-refractivity contribution in [1.29, 1.82) is 0 Å². The lowest BCUT2D eigenvalue weighted by atomic mass is 9.78. The molecule has 24 heavy (non-hydrogen) atoms. The minimum absolute atomic E-state index is 0.0170. The molecule has 1 fully saturated rings. The fourth-order valence-electron chi connectivity index (χ4n) is 3.24. The first-order valence-electron chi connectivity index (χ1n) is 8.84. The number of hydrogen-bond donors (Lipinski definition) is 1. The zero-order valence-electron chi connectivity index (χ0n) is 14.6. The third kappa shape index (κ3) is 5.21. The predicted octanol–water partition coefficient (Wildman–Crippen LogP) is 4.77. The van der Waals surface area contributed by atoms with Crippen molar-refractivity contribution in [1.82, 2.24) is 0 Å². The van der Waals surface area contributed by atoms with E-state index in [9.17, 15) is 4.79 Å². The number of benzene rings is 1. The van der Waals surface area contributed by atoms with Gasteiger partial charge in [0, 0.05) is 17.6 Å². The van der Waals surface area contributed by atoms with Gasteiger partial charge in [-0.2, -0.15) is 0 Å². The highest BCUT2D eigenvalue weighted by Crippen LogP contribution is 2.36. The van der Waals surface area contributed by atoms with Gasteiger partial charge in [0.15, 0.2) is 0 Å². The second kappa shape index (κ2) is 9.42. The maximum absolute atomic E-state index is 12.9. The summed E-state index contributed by atoms with van der Waals surface area (Å²) in [5.41, 5.74) is 0.0996. The molecule has 5 heteroatoms. The minimum Gasteiger partial charge on any atom is -0.493 e. The van der Waals surface area contributed by atoms with Gasteiger partial charge in [0.1, 0.15) is 11.4 Å². The number of amides is 1. The summed E-state index contributed by atoms with van der Waals surface area (Å²) in [6.45, 7) is 5.52. The number of carbonyl (C=O) groups excluding carboxylic acids is 1. The molecule has 0 bridgehead atoms. The summed E-state index contributed by atoms with van der Waals surface area (Å²) in [6.07, 6.45) is 4.73. The van der Waals surface area contributed by atoms with Gasteiger partial charge >= 0.3 is 0 Å². The van der Waals surface area contributed by atoms with Gasteiger partial charge in [-0.05, 0) is 55.9 Å². The third-order valence-electron chi connectivity index (χ3n) is 4.41. The van der Waals surface area contributed by atoms with Gasteiger partial charge in [-0.1, -0.05) is 36.2 Å². The molecule has 0 radical (unpaired) electrons. The summed E-state index contributed by atoms with van der Waals surface area (Å²) in [7, 11) is 0. The Bertz CT molecular complexity index is 520. The molecule has 1 N–H and O–H groups in total. The van der Waals surface area contributed by atoms with Crippen LogP contribution in [-0.2, 0) is 9.53 Å². The lowest BCUT2D eigenvalue weighted by molar-refractivity contribution is -0.148. The van der Waals surface area contributed by atoms with Gasteiger partial charge in [0.25, 0.3) is 5.91 Å². The van der Waals surface area contributed by atoms with Gasteiger partial charge in [-0.3, -0.25) is 4.79 Å². The summed E-state index contributed by atoms with van der Waals surface area (Å²) in [5.74, 6) is 1.30. The van der Waals surface area contributed by atoms with E-state index in [4.69, 9.17) is 9.47 Å². The zero-order chi connectivity index (χ0) is 17.4. The van der Waals surface area contributed by atoms with Gasteiger partial charge in [0.05, 0.1) is 6.61 Å². The summed E-state index contributed by atoms with van der Waals surface area (Å²) in [5, 5.41) is 3.83. The number of rotatable bonds is 8. The summed E-state index contributed by atoms with van der Waals surface area (Å²) in [6, 6.07) is 7.51. The van der Waals surface area contributed by atoms with Crippen molar-refractivity contribution in [3.8, 4) is 5.75 Å². The molecule has 0 aliphatic heterocycles. The predicted molar refractivity (Wildman–Crippen MR) is 101 cm³/mol. The number of ether oxygens (including phenoxy) is 2. The second-order valence-corrected chi connectivity index (χ2v) is 7.35. The normalized spacial score (nSPS) is 23.7. The molecule has 1 aromatic carbocycles. The fourth-order valence-corrected chi connectivity index (χ4v) is 3.40. The van der Waals surface area contributed by atoms with Crippen LogP contribution in [0.1, 0.15) is 46.0 Å². The van der Waals surface area contributed by atoms with Crippen molar-refractivity contribution >= 4 is 27.5 Å². The molecule has 0 spiro atoms. The third-order valence-corrected chi connectivity index (χ3v) is 4.73. The first kappa shape index (κ1) is 19.3. The van der Waals surface area contributed by atoms with Crippen LogP contribution < -0.4 is 10.1 Å². The molecule has 1 amide bonds. The highest BCUT2D eigenvalue weighted by atomic mass is 79.9. The van der Waals surface area contributed by atoms with E-state index >= 15 is 0 Å². The average molecular weight is 398 g/mol. The second-order valence-electron chi connectivity index (χ2n) is 6.56. The Morgan fingerprint density at radius 2 is 2.08 bits per heavy atom. The van der Waals surface area contributed by atoms with Crippen molar-refractivity contribution < 1.29 is 14.3 Å². The molecule has 134 valence electrons. The Morgan fingerprint density at radius 1 is 1.33 bits per heavy atom. The molecule has 0 saturated heterocycles. The van der Waals surface area contributed by atoms with Crippen LogP contribution in [0.5, 0.6) is 5.75 Å². The fraction of sp³-hybridized carbons (Fsp3) is 0.632. The highest BCUT2D eigenvalue weighted by Gasteiger charge is 2.42. The van der Waals surface area contributed by atoms with Gasteiger partial charge in [0.2, 0.25) is 0 Å². The van der Waals surface area contributed by atoms with E-state index in [-0.39, 0.29) is 5.91 Å². The Hall–Kier alpha value is -1.07. The average Bonchev–Trinajstić information content (AvgIpc) is 2.59. The van der Waals surface area contributed by atoms with E-state index in [0.29, 0.717) is 19.1 Å². The topological polar surface area (TPSA) is 47.6 Å². The molecule has 0 heterocycles. The van der Waals surface area contributed by atoms with Crippen LogP contribution in [0.2, 0.25) is 0 Å². The molecule has 2 rings (SSSR count). The van der Waals surface area contributed by atoms with Gasteiger partial charge in [-0.15, -0.1) is 0 Å². The van der Waals surface area contributed by atoms with Gasteiger partial charge < -0.3 is 14.8 Å². The first-order chi connectivity index (χ1) is 11.6. The van der Waals surface area contributed by atoms with Crippen molar-refractivity contribution in [2.45, 2.75) is 51.6 Å². The van der Waals surface area contributed by atoms with Crippen LogP contribution in [-0.4, -0.2) is 30.1 Å². The molecule has 4 nitrogen and oxygen atoms in total. The van der Waals surface area contributed by atoms with Crippen molar-refractivity contribution in [3.63, 3.8) is 0 Å².